The van der Waals surface area contributed by atoms with Crippen molar-refractivity contribution in [3.05, 3.63) is 17.7 Å². The Kier molecular flexibility index (Phi) is 4.25. The van der Waals surface area contributed by atoms with Crippen molar-refractivity contribution in [2.45, 2.75) is 18.2 Å². The second-order valence-corrected chi connectivity index (χ2v) is 5.78. The van der Waals surface area contributed by atoms with Gasteiger partial charge in [-0.25, -0.2) is 0 Å². The fraction of sp³-hybridized carbons (Fsp3) is 0.300. The van der Waals surface area contributed by atoms with Crippen LogP contribution in [0.5, 0.6) is 0 Å². The molecule has 0 amide bonds. The van der Waals surface area contributed by atoms with Crippen molar-refractivity contribution in [1.29, 1.82) is 0 Å². The first kappa shape index (κ1) is 15.1. The van der Waals surface area contributed by atoms with Crippen LogP contribution in [0.4, 0.5) is 0 Å². The van der Waals surface area contributed by atoms with Crippen molar-refractivity contribution >= 4 is 27.1 Å². The second kappa shape index (κ2) is 5.62. The Balaban J connectivity index is 2.63. The van der Waals surface area contributed by atoms with E-state index in [4.69, 9.17) is 4.74 Å². The number of nitrogens with zero attached hydrogens (tertiary/aromatic N) is 3. The number of aromatic nitrogens is 3. The summed E-state index contributed by atoms with van der Waals surface area (Å²) in [5.74, 6) is -0.595. The van der Waals surface area contributed by atoms with E-state index < -0.39 is 21.0 Å². The van der Waals surface area contributed by atoms with E-state index >= 15 is 0 Å². The van der Waals surface area contributed by atoms with Crippen LogP contribution in [0.2, 0.25) is 0 Å². The Labute approximate surface area is 127 Å². The maximum atomic E-state index is 11.5. The van der Waals surface area contributed by atoms with Crippen molar-refractivity contribution in [2.75, 3.05) is 6.61 Å². The van der Waals surface area contributed by atoms with Crippen molar-refractivity contribution in [3.63, 3.8) is 0 Å². The minimum absolute atomic E-state index is 0.0227. The van der Waals surface area contributed by atoms with Crippen molar-refractivity contribution in [2.24, 2.45) is 0 Å². The standard InChI is InChI=1S/C10H10N3O5S.Ag/c1-2-18-8(14)5-6-3-4-7-9(12-13-11-7)10(6)19(15,16)17;/h3-4H,2,5H2,1H3,(H-,11,12,13,15,16,17);/q-1;+1. The molecule has 20 heavy (non-hydrogen) atoms. The van der Waals surface area contributed by atoms with Gasteiger partial charge in [-0.2, -0.15) is 0 Å². The molecule has 0 unspecified atom stereocenters. The molecule has 0 aliphatic carbocycles. The van der Waals surface area contributed by atoms with E-state index in [1.807, 2.05) is 0 Å². The number of benzene rings is 1. The number of carbonyl (C=O) groups is 1. The quantitative estimate of drug-likeness (QED) is 0.446. The van der Waals surface area contributed by atoms with Gasteiger partial charge >= 0.3 is 127 Å². The van der Waals surface area contributed by atoms with Gasteiger partial charge in [0.2, 0.25) is 0 Å². The summed E-state index contributed by atoms with van der Waals surface area (Å²) >= 11 is 3.06. The first-order valence-corrected chi connectivity index (χ1v) is 7.58. The van der Waals surface area contributed by atoms with Gasteiger partial charge in [0.25, 0.3) is 0 Å². The minimum atomic E-state index is -4.55. The van der Waals surface area contributed by atoms with Crippen LogP contribution in [0.3, 0.4) is 0 Å². The summed E-state index contributed by atoms with van der Waals surface area (Å²) in [6.07, 6.45) is -0.284. The third-order valence-corrected chi connectivity index (χ3v) is 3.95. The van der Waals surface area contributed by atoms with Crippen LogP contribution in [0.15, 0.2) is 17.0 Å². The fourth-order valence-electron chi connectivity index (χ4n) is 1.76. The second-order valence-electron chi connectivity index (χ2n) is 3.80. The van der Waals surface area contributed by atoms with Crippen LogP contribution >= 0.6 is 0 Å². The molecule has 10 heteroatoms. The zero-order valence-corrected chi connectivity index (χ0v) is 12.5. The van der Waals surface area contributed by atoms with Crippen molar-refractivity contribution in [1.82, 2.24) is 13.4 Å². The van der Waals surface area contributed by atoms with Gasteiger partial charge in [-0.05, 0) is 0 Å². The number of esters is 1. The van der Waals surface area contributed by atoms with E-state index in [9.17, 15) is 17.8 Å². The third kappa shape index (κ3) is 2.91. The Morgan fingerprint density at radius 2 is 2.20 bits per heavy atom. The third-order valence-electron chi connectivity index (χ3n) is 2.49. The summed E-state index contributed by atoms with van der Waals surface area (Å²) in [5, 5.41) is 7.29. The zero-order chi connectivity index (χ0) is 14.9. The van der Waals surface area contributed by atoms with Gasteiger partial charge in [0, 0.05) is 0 Å². The SMILES string of the molecule is CCOC(=O)Cc1ccc2c(nn[n]2[Ag])c1S(=O)(=O)O. The average Bonchev–Trinajstić information content (AvgIpc) is 2.69. The maximum absolute atomic E-state index is 11.5. The summed E-state index contributed by atoms with van der Waals surface area (Å²) in [6.45, 7) is 1.82. The van der Waals surface area contributed by atoms with E-state index in [2.05, 4.69) is 31.6 Å². The van der Waals surface area contributed by atoms with Crippen LogP contribution in [0.1, 0.15) is 12.5 Å². The molecule has 0 atom stereocenters. The molecule has 8 nitrogen and oxygen atoms in total. The molecule has 0 fully saturated rings. The van der Waals surface area contributed by atoms with Gasteiger partial charge in [-0.15, -0.1) is 0 Å². The summed E-state index contributed by atoms with van der Waals surface area (Å²) in [7, 11) is -4.55. The molecule has 0 radical (unpaired) electrons. The van der Waals surface area contributed by atoms with Crippen LogP contribution < -0.4 is 0 Å². The number of carbonyl (C=O) groups excluding carboxylic acids is 1. The number of rotatable bonds is 4. The molecule has 1 aromatic heterocycles. The Hall–Kier alpha value is -1.26. The molecule has 2 rings (SSSR count). The predicted octanol–water partition coefficient (Wildman–Crippen LogP) is 0.0935. The first-order valence-electron chi connectivity index (χ1n) is 5.47. The van der Waals surface area contributed by atoms with Gasteiger partial charge in [0.05, 0.1) is 0 Å². The van der Waals surface area contributed by atoms with Gasteiger partial charge in [-0.1, -0.05) is 0 Å². The molecule has 0 aliphatic heterocycles. The first-order chi connectivity index (χ1) is 9.34. The molecule has 0 spiro atoms. The molecule has 0 saturated carbocycles. The molecule has 1 aromatic carbocycles. The number of fused-ring (bicyclic) bond motifs is 1. The zero-order valence-electron chi connectivity index (χ0n) is 10.2. The molecule has 0 aliphatic rings. The Morgan fingerprint density at radius 3 is 2.80 bits per heavy atom. The monoisotopic (exact) mass is 391 g/mol. The Morgan fingerprint density at radius 1 is 1.50 bits per heavy atom. The number of hydrogen-bond acceptors (Lipinski definition) is 6. The molecular weight excluding hydrogens is 382 g/mol. The van der Waals surface area contributed by atoms with E-state index in [0.29, 0.717) is 5.52 Å². The average molecular weight is 392 g/mol. The van der Waals surface area contributed by atoms with Crippen LogP contribution in [-0.2, 0) is 47.4 Å². The molecule has 0 bridgehead atoms. The summed E-state index contributed by atoms with van der Waals surface area (Å²) in [6, 6.07) is 2.94. The molecule has 112 valence electrons. The van der Waals surface area contributed by atoms with Gasteiger partial charge in [-0.3, -0.25) is 0 Å². The summed E-state index contributed by atoms with van der Waals surface area (Å²) in [4.78, 5) is 11.0. The fourth-order valence-corrected chi connectivity index (χ4v) is 2.95. The van der Waals surface area contributed by atoms with Crippen molar-refractivity contribution < 1.29 is 43.8 Å². The molecule has 2 aromatic rings. The topological polar surface area (TPSA) is 111 Å². The van der Waals surface area contributed by atoms with E-state index in [0.717, 1.165) is 0 Å². The molecule has 0 saturated heterocycles. The van der Waals surface area contributed by atoms with Crippen LogP contribution in [0.25, 0.3) is 11.0 Å². The van der Waals surface area contributed by atoms with Crippen LogP contribution in [0, 0.1) is 0 Å². The van der Waals surface area contributed by atoms with E-state index in [1.54, 1.807) is 6.92 Å². The van der Waals surface area contributed by atoms with Gasteiger partial charge < -0.3 is 0 Å². The Bertz CT molecular complexity index is 771. The summed E-state index contributed by atoms with van der Waals surface area (Å²) < 4.78 is 38.3. The number of hydrogen-bond donors (Lipinski definition) is 1. The predicted molar refractivity (Wildman–Crippen MR) is 63.1 cm³/mol. The van der Waals surface area contributed by atoms with Gasteiger partial charge in [0.1, 0.15) is 0 Å². The van der Waals surface area contributed by atoms with Crippen LogP contribution in [-0.4, -0.2) is 38.9 Å². The molecule has 1 N–H and O–H groups in total. The van der Waals surface area contributed by atoms with Gasteiger partial charge in [0.15, 0.2) is 0 Å². The van der Waals surface area contributed by atoms with Crippen molar-refractivity contribution in [3.8, 4) is 0 Å². The number of ether oxygens (including phenoxy) is 1. The normalized spacial score (nSPS) is 11.8. The van der Waals surface area contributed by atoms with E-state index in [-0.39, 0.29) is 24.1 Å². The molecule has 1 heterocycles. The summed E-state index contributed by atoms with van der Waals surface area (Å²) in [5.41, 5.74) is 0.431. The van der Waals surface area contributed by atoms with E-state index in [1.165, 1.54) is 15.2 Å². The molecular formula is C10H10AgN3O5S.